The Morgan fingerprint density at radius 3 is 2.60 bits per heavy atom. The van der Waals surface area contributed by atoms with Gasteiger partial charge in [0.25, 0.3) is 0 Å². The van der Waals surface area contributed by atoms with Crippen LogP contribution in [0.1, 0.15) is 13.3 Å². The number of esters is 1. The minimum atomic E-state index is -1.11. The van der Waals surface area contributed by atoms with E-state index in [1.54, 1.807) is 19.1 Å². The molecule has 1 unspecified atom stereocenters. The largest absolute Gasteiger partial charge is 0.466 e. The number of carbonyl (C=O) groups is 1. The molecule has 0 bridgehead atoms. The monoisotopic (exact) mass is 226 g/mol. The third kappa shape index (κ3) is 4.25. The fraction of sp³-hybridized carbons (Fsp3) is 0.364. The number of ether oxygens (including phenoxy) is 1. The van der Waals surface area contributed by atoms with E-state index in [0.29, 0.717) is 12.4 Å². The van der Waals surface area contributed by atoms with E-state index >= 15 is 0 Å². The van der Waals surface area contributed by atoms with Gasteiger partial charge in [-0.2, -0.15) is 0 Å². The highest BCUT2D eigenvalue weighted by Crippen LogP contribution is 2.06. The molecule has 0 radical (unpaired) electrons. The lowest BCUT2D eigenvalue weighted by atomic mass is 10.4. The van der Waals surface area contributed by atoms with Crippen LogP contribution in [0, 0.1) is 0 Å². The zero-order valence-electron chi connectivity index (χ0n) is 8.64. The lowest BCUT2D eigenvalue weighted by molar-refractivity contribution is -0.142. The predicted octanol–water partition coefficient (Wildman–Crippen LogP) is 1.75. The Balaban J connectivity index is 2.40. The highest BCUT2D eigenvalue weighted by Gasteiger charge is 2.07. The van der Waals surface area contributed by atoms with Crippen LogP contribution in [0.2, 0.25) is 0 Å². The first-order valence-corrected chi connectivity index (χ1v) is 6.15. The van der Waals surface area contributed by atoms with Gasteiger partial charge in [-0.25, -0.2) is 0 Å². The lowest BCUT2D eigenvalue weighted by Gasteiger charge is -2.02. The van der Waals surface area contributed by atoms with Gasteiger partial charge in [-0.3, -0.25) is 9.00 Å². The van der Waals surface area contributed by atoms with Crippen molar-refractivity contribution in [3.05, 3.63) is 30.3 Å². The van der Waals surface area contributed by atoms with Crippen molar-refractivity contribution in [2.45, 2.75) is 18.2 Å². The Kier molecular flexibility index (Phi) is 5.04. The van der Waals surface area contributed by atoms with Gasteiger partial charge in [-0.15, -0.1) is 0 Å². The van der Waals surface area contributed by atoms with Crippen molar-refractivity contribution in [2.75, 3.05) is 12.4 Å². The summed E-state index contributed by atoms with van der Waals surface area (Å²) in [7, 11) is -1.11. The normalized spacial score (nSPS) is 12.1. The topological polar surface area (TPSA) is 43.4 Å². The average molecular weight is 226 g/mol. The van der Waals surface area contributed by atoms with Crippen molar-refractivity contribution in [3.8, 4) is 0 Å². The van der Waals surface area contributed by atoms with Crippen molar-refractivity contribution in [1.29, 1.82) is 0 Å². The second-order valence-corrected chi connectivity index (χ2v) is 4.49. The summed E-state index contributed by atoms with van der Waals surface area (Å²) < 4.78 is 16.4. The van der Waals surface area contributed by atoms with E-state index in [0.717, 1.165) is 4.90 Å². The standard InChI is InChI=1S/C11H14O3S/c1-2-14-11(12)8-9-15(13)10-6-4-3-5-7-10/h3-7H,2,8-9H2,1H3. The quantitative estimate of drug-likeness (QED) is 0.718. The molecule has 0 N–H and O–H groups in total. The Hall–Kier alpha value is -1.16. The summed E-state index contributed by atoms with van der Waals surface area (Å²) in [6, 6.07) is 9.11. The smallest absolute Gasteiger partial charge is 0.306 e. The molecule has 0 aromatic heterocycles. The van der Waals surface area contributed by atoms with E-state index in [-0.39, 0.29) is 12.4 Å². The Morgan fingerprint density at radius 2 is 2.00 bits per heavy atom. The molecule has 0 fully saturated rings. The van der Waals surface area contributed by atoms with Crippen LogP contribution in [0.3, 0.4) is 0 Å². The molecule has 1 atom stereocenters. The first-order chi connectivity index (χ1) is 7.24. The van der Waals surface area contributed by atoms with Crippen LogP contribution in [0.5, 0.6) is 0 Å². The summed E-state index contributed by atoms with van der Waals surface area (Å²) in [4.78, 5) is 11.8. The van der Waals surface area contributed by atoms with E-state index in [1.807, 2.05) is 18.2 Å². The first-order valence-electron chi connectivity index (χ1n) is 4.83. The van der Waals surface area contributed by atoms with Crippen LogP contribution < -0.4 is 0 Å². The van der Waals surface area contributed by atoms with Crippen LogP contribution in [-0.2, 0) is 20.3 Å². The van der Waals surface area contributed by atoms with E-state index < -0.39 is 10.8 Å². The van der Waals surface area contributed by atoms with Crippen LogP contribution in [0.25, 0.3) is 0 Å². The number of hydrogen-bond acceptors (Lipinski definition) is 3. The predicted molar refractivity (Wildman–Crippen MR) is 59.0 cm³/mol. The minimum absolute atomic E-state index is 0.204. The molecular formula is C11H14O3S. The van der Waals surface area contributed by atoms with Gasteiger partial charge in [0.05, 0.1) is 23.8 Å². The van der Waals surface area contributed by atoms with Crippen molar-refractivity contribution in [2.24, 2.45) is 0 Å². The van der Waals surface area contributed by atoms with Gasteiger partial charge in [-0.05, 0) is 19.1 Å². The molecule has 0 aliphatic rings. The first kappa shape index (κ1) is 11.9. The number of rotatable bonds is 5. The van der Waals surface area contributed by atoms with Crippen molar-refractivity contribution >= 4 is 16.8 Å². The van der Waals surface area contributed by atoms with Crippen LogP contribution in [-0.4, -0.2) is 22.5 Å². The molecule has 0 aliphatic heterocycles. The molecule has 15 heavy (non-hydrogen) atoms. The molecule has 0 spiro atoms. The van der Waals surface area contributed by atoms with Crippen LogP contribution in [0.15, 0.2) is 35.2 Å². The fourth-order valence-electron chi connectivity index (χ4n) is 1.10. The van der Waals surface area contributed by atoms with Gasteiger partial charge >= 0.3 is 5.97 Å². The minimum Gasteiger partial charge on any atom is -0.466 e. The Morgan fingerprint density at radius 1 is 1.33 bits per heavy atom. The van der Waals surface area contributed by atoms with E-state index in [9.17, 15) is 9.00 Å². The molecule has 82 valence electrons. The molecule has 4 heteroatoms. The summed E-state index contributed by atoms with van der Waals surface area (Å²) in [6.45, 7) is 2.13. The molecule has 0 saturated carbocycles. The highest BCUT2D eigenvalue weighted by atomic mass is 32.2. The van der Waals surface area contributed by atoms with Gasteiger partial charge in [0.2, 0.25) is 0 Å². The van der Waals surface area contributed by atoms with Crippen molar-refractivity contribution in [3.63, 3.8) is 0 Å². The molecule has 0 heterocycles. The van der Waals surface area contributed by atoms with Gasteiger partial charge < -0.3 is 4.74 Å². The van der Waals surface area contributed by atoms with Gasteiger partial charge in [0.15, 0.2) is 0 Å². The summed E-state index contributed by atoms with van der Waals surface area (Å²) >= 11 is 0. The molecular weight excluding hydrogens is 212 g/mol. The Labute approximate surface area is 91.9 Å². The third-order valence-electron chi connectivity index (χ3n) is 1.80. The number of carbonyl (C=O) groups excluding carboxylic acids is 1. The van der Waals surface area contributed by atoms with Gasteiger partial charge in [-0.1, -0.05) is 18.2 Å². The highest BCUT2D eigenvalue weighted by molar-refractivity contribution is 7.85. The molecule has 3 nitrogen and oxygen atoms in total. The van der Waals surface area contributed by atoms with Gasteiger partial charge in [0.1, 0.15) is 0 Å². The fourth-order valence-corrected chi connectivity index (χ4v) is 2.15. The molecule has 0 aliphatic carbocycles. The summed E-state index contributed by atoms with van der Waals surface area (Å²) in [6.07, 6.45) is 0.204. The van der Waals surface area contributed by atoms with E-state index in [2.05, 4.69) is 0 Å². The van der Waals surface area contributed by atoms with E-state index in [4.69, 9.17) is 4.74 Å². The SMILES string of the molecule is CCOC(=O)CCS(=O)c1ccccc1. The summed E-state index contributed by atoms with van der Waals surface area (Å²) in [5.41, 5.74) is 0. The second-order valence-electron chi connectivity index (χ2n) is 2.92. The molecule has 1 aromatic rings. The molecule has 1 rings (SSSR count). The molecule has 0 amide bonds. The molecule has 0 saturated heterocycles. The zero-order chi connectivity index (χ0) is 11.1. The van der Waals surface area contributed by atoms with Crippen LogP contribution >= 0.6 is 0 Å². The van der Waals surface area contributed by atoms with Gasteiger partial charge in [0, 0.05) is 10.6 Å². The maximum atomic E-state index is 11.7. The maximum Gasteiger partial charge on any atom is 0.306 e. The summed E-state index contributed by atoms with van der Waals surface area (Å²) in [5, 5.41) is 0. The third-order valence-corrected chi connectivity index (χ3v) is 3.18. The maximum absolute atomic E-state index is 11.7. The lowest BCUT2D eigenvalue weighted by Crippen LogP contribution is -2.09. The summed E-state index contributed by atoms with van der Waals surface area (Å²) in [5.74, 6) is 0.0323. The van der Waals surface area contributed by atoms with Crippen molar-refractivity contribution in [1.82, 2.24) is 0 Å². The zero-order valence-corrected chi connectivity index (χ0v) is 9.46. The molecule has 1 aromatic carbocycles. The average Bonchev–Trinajstić information content (AvgIpc) is 2.27. The number of hydrogen-bond donors (Lipinski definition) is 0. The van der Waals surface area contributed by atoms with Crippen LogP contribution in [0.4, 0.5) is 0 Å². The van der Waals surface area contributed by atoms with E-state index in [1.165, 1.54) is 0 Å². The Bertz CT molecular complexity index is 335. The van der Waals surface area contributed by atoms with Crippen molar-refractivity contribution < 1.29 is 13.7 Å². The second kappa shape index (κ2) is 6.35. The number of benzene rings is 1.